The molecule has 0 rings (SSSR count). The molecule has 14 heavy (non-hydrogen) atoms. The number of amides is 1. The van der Waals surface area contributed by atoms with Crippen molar-refractivity contribution in [2.24, 2.45) is 5.73 Å². The van der Waals surface area contributed by atoms with Crippen molar-refractivity contribution in [3.63, 3.8) is 0 Å². The van der Waals surface area contributed by atoms with E-state index in [1.54, 1.807) is 0 Å². The molecule has 0 fully saturated rings. The molecule has 0 aliphatic rings. The third-order valence-corrected chi connectivity index (χ3v) is 2.53. The molecule has 0 aromatic heterocycles. The van der Waals surface area contributed by atoms with E-state index in [4.69, 9.17) is 5.73 Å². The van der Waals surface area contributed by atoms with Gasteiger partial charge in [-0.25, -0.2) is 0 Å². The molecule has 4 heteroatoms. The number of rotatable bonds is 6. The first kappa shape index (κ1) is 13.4. The molecule has 0 saturated heterocycles. The van der Waals surface area contributed by atoms with E-state index < -0.39 is 0 Å². The van der Waals surface area contributed by atoms with Gasteiger partial charge in [0, 0.05) is 32.1 Å². The zero-order valence-corrected chi connectivity index (χ0v) is 9.79. The lowest BCUT2D eigenvalue weighted by Gasteiger charge is -2.25. The van der Waals surface area contributed by atoms with Crippen molar-refractivity contribution in [2.45, 2.75) is 26.3 Å². The Bertz CT molecular complexity index is 167. The minimum absolute atomic E-state index is 0.156. The van der Waals surface area contributed by atoms with Crippen molar-refractivity contribution in [1.29, 1.82) is 0 Å². The summed E-state index contributed by atoms with van der Waals surface area (Å²) < 4.78 is 0. The largest absolute Gasteiger partial charge is 0.343 e. The van der Waals surface area contributed by atoms with Gasteiger partial charge in [0.25, 0.3) is 0 Å². The summed E-state index contributed by atoms with van der Waals surface area (Å²) in [5.74, 6) is 0.194. The predicted molar refractivity (Wildman–Crippen MR) is 59.1 cm³/mol. The Kier molecular flexibility index (Phi) is 6.49. The maximum atomic E-state index is 11.7. The van der Waals surface area contributed by atoms with Gasteiger partial charge in [-0.3, -0.25) is 4.79 Å². The van der Waals surface area contributed by atoms with E-state index >= 15 is 0 Å². The van der Waals surface area contributed by atoms with Crippen LogP contribution in [-0.2, 0) is 4.79 Å². The smallest absolute Gasteiger partial charge is 0.224 e. The highest BCUT2D eigenvalue weighted by Gasteiger charge is 2.17. The van der Waals surface area contributed by atoms with Gasteiger partial charge in [0.1, 0.15) is 0 Å². The number of carbonyl (C=O) groups excluding carboxylic acids is 1. The SMILES string of the molecule is CCN(CC)C(=O)CC(CN)N(C)C. The molecule has 0 aliphatic heterocycles. The topological polar surface area (TPSA) is 49.6 Å². The predicted octanol–water partition coefficient (Wildman–Crippen LogP) is 0.134. The number of nitrogens with zero attached hydrogens (tertiary/aromatic N) is 2. The van der Waals surface area contributed by atoms with Crippen LogP contribution in [-0.4, -0.2) is 55.5 Å². The van der Waals surface area contributed by atoms with Gasteiger partial charge in [0.2, 0.25) is 5.91 Å². The van der Waals surface area contributed by atoms with E-state index in [1.165, 1.54) is 0 Å². The lowest BCUT2D eigenvalue weighted by molar-refractivity contribution is -0.131. The maximum Gasteiger partial charge on any atom is 0.224 e. The Morgan fingerprint density at radius 3 is 2.07 bits per heavy atom. The average Bonchev–Trinajstić information content (AvgIpc) is 2.15. The zero-order chi connectivity index (χ0) is 11.1. The molecule has 0 aliphatic carbocycles. The molecule has 0 aromatic rings. The van der Waals surface area contributed by atoms with E-state index in [9.17, 15) is 4.79 Å². The van der Waals surface area contributed by atoms with Gasteiger partial charge < -0.3 is 15.5 Å². The lowest BCUT2D eigenvalue weighted by Crippen LogP contribution is -2.41. The highest BCUT2D eigenvalue weighted by Crippen LogP contribution is 2.02. The number of hydrogen-bond donors (Lipinski definition) is 1. The molecule has 0 radical (unpaired) electrons. The summed E-state index contributed by atoms with van der Waals surface area (Å²) in [6.07, 6.45) is 0.519. The molecular weight excluding hydrogens is 178 g/mol. The van der Waals surface area contributed by atoms with Crippen molar-refractivity contribution in [2.75, 3.05) is 33.7 Å². The Labute approximate surface area is 87.0 Å². The molecule has 1 amide bonds. The van der Waals surface area contributed by atoms with Crippen LogP contribution >= 0.6 is 0 Å². The Balaban J connectivity index is 4.13. The van der Waals surface area contributed by atoms with Crippen LogP contribution in [0.25, 0.3) is 0 Å². The third kappa shape index (κ3) is 4.07. The van der Waals surface area contributed by atoms with Crippen LogP contribution in [0.4, 0.5) is 0 Å². The maximum absolute atomic E-state index is 11.7. The van der Waals surface area contributed by atoms with Crippen molar-refractivity contribution in [3.05, 3.63) is 0 Å². The van der Waals surface area contributed by atoms with Crippen LogP contribution in [0.2, 0.25) is 0 Å². The molecule has 1 atom stereocenters. The van der Waals surface area contributed by atoms with Crippen LogP contribution in [0.3, 0.4) is 0 Å². The van der Waals surface area contributed by atoms with Crippen LogP contribution in [0, 0.1) is 0 Å². The molecule has 2 N–H and O–H groups in total. The fraction of sp³-hybridized carbons (Fsp3) is 0.900. The average molecular weight is 201 g/mol. The molecule has 0 aromatic carbocycles. The number of carbonyl (C=O) groups is 1. The molecule has 84 valence electrons. The van der Waals surface area contributed by atoms with Gasteiger partial charge in [-0.2, -0.15) is 0 Å². The van der Waals surface area contributed by atoms with Crippen molar-refractivity contribution in [3.8, 4) is 0 Å². The van der Waals surface area contributed by atoms with E-state index in [-0.39, 0.29) is 11.9 Å². The Morgan fingerprint density at radius 1 is 1.29 bits per heavy atom. The zero-order valence-electron chi connectivity index (χ0n) is 9.79. The summed E-state index contributed by atoms with van der Waals surface area (Å²) in [6, 6.07) is 0.156. The van der Waals surface area contributed by atoms with E-state index in [0.717, 1.165) is 13.1 Å². The molecule has 0 bridgehead atoms. The van der Waals surface area contributed by atoms with Crippen molar-refractivity contribution >= 4 is 5.91 Å². The molecule has 0 heterocycles. The van der Waals surface area contributed by atoms with Crippen LogP contribution in [0.1, 0.15) is 20.3 Å². The van der Waals surface area contributed by atoms with Crippen molar-refractivity contribution in [1.82, 2.24) is 9.80 Å². The first-order chi connectivity index (χ1) is 6.56. The highest BCUT2D eigenvalue weighted by molar-refractivity contribution is 5.76. The summed E-state index contributed by atoms with van der Waals surface area (Å²) in [4.78, 5) is 15.6. The first-order valence-electron chi connectivity index (χ1n) is 5.21. The Hall–Kier alpha value is -0.610. The van der Waals surface area contributed by atoms with Gasteiger partial charge >= 0.3 is 0 Å². The van der Waals surface area contributed by atoms with E-state index in [1.807, 2.05) is 37.7 Å². The molecule has 0 spiro atoms. The second-order valence-corrected chi connectivity index (χ2v) is 3.62. The molecule has 4 nitrogen and oxygen atoms in total. The van der Waals surface area contributed by atoms with Gasteiger partial charge in [0.05, 0.1) is 0 Å². The first-order valence-corrected chi connectivity index (χ1v) is 5.21. The summed E-state index contributed by atoms with van der Waals surface area (Å²) in [5, 5.41) is 0. The molecule has 1 unspecified atom stereocenters. The second kappa shape index (κ2) is 6.79. The van der Waals surface area contributed by atoms with Crippen LogP contribution in [0.15, 0.2) is 0 Å². The number of likely N-dealkylation sites (N-methyl/N-ethyl adjacent to an activating group) is 1. The quantitative estimate of drug-likeness (QED) is 0.665. The summed E-state index contributed by atoms with van der Waals surface area (Å²) in [6.45, 7) is 6.07. The summed E-state index contributed by atoms with van der Waals surface area (Å²) in [5.41, 5.74) is 5.59. The standard InChI is InChI=1S/C10H23N3O/c1-5-13(6-2)10(14)7-9(8-11)12(3)4/h9H,5-8,11H2,1-4H3. The number of nitrogens with two attached hydrogens (primary N) is 1. The third-order valence-electron chi connectivity index (χ3n) is 2.53. The van der Waals surface area contributed by atoms with Gasteiger partial charge in [-0.05, 0) is 27.9 Å². The highest BCUT2D eigenvalue weighted by atomic mass is 16.2. The minimum atomic E-state index is 0.156. The molecule has 0 saturated carbocycles. The van der Waals surface area contributed by atoms with Crippen LogP contribution in [0.5, 0.6) is 0 Å². The monoisotopic (exact) mass is 201 g/mol. The number of hydrogen-bond acceptors (Lipinski definition) is 3. The minimum Gasteiger partial charge on any atom is -0.343 e. The fourth-order valence-corrected chi connectivity index (χ4v) is 1.38. The lowest BCUT2D eigenvalue weighted by atomic mass is 10.1. The van der Waals surface area contributed by atoms with E-state index in [2.05, 4.69) is 0 Å². The van der Waals surface area contributed by atoms with E-state index in [0.29, 0.717) is 13.0 Å². The van der Waals surface area contributed by atoms with Gasteiger partial charge in [-0.1, -0.05) is 0 Å². The normalized spacial score (nSPS) is 13.0. The fourth-order valence-electron chi connectivity index (χ4n) is 1.38. The second-order valence-electron chi connectivity index (χ2n) is 3.62. The van der Waals surface area contributed by atoms with Crippen LogP contribution < -0.4 is 5.73 Å². The Morgan fingerprint density at radius 2 is 1.79 bits per heavy atom. The molecular formula is C10H23N3O. The van der Waals surface area contributed by atoms with Gasteiger partial charge in [0.15, 0.2) is 0 Å². The summed E-state index contributed by atoms with van der Waals surface area (Å²) in [7, 11) is 3.90. The van der Waals surface area contributed by atoms with Gasteiger partial charge in [-0.15, -0.1) is 0 Å². The summed E-state index contributed by atoms with van der Waals surface area (Å²) >= 11 is 0. The van der Waals surface area contributed by atoms with Crippen molar-refractivity contribution < 1.29 is 4.79 Å².